The second-order valence-corrected chi connectivity index (χ2v) is 5.52. The summed E-state index contributed by atoms with van der Waals surface area (Å²) in [5.41, 5.74) is 5.72. The molecule has 7 nitrogen and oxygen atoms in total. The van der Waals surface area contributed by atoms with Gasteiger partial charge in [0.2, 0.25) is 11.9 Å². The molecule has 100 valence electrons. The van der Waals surface area contributed by atoms with E-state index in [0.717, 1.165) is 12.8 Å². The van der Waals surface area contributed by atoms with Gasteiger partial charge in [0.1, 0.15) is 0 Å². The predicted molar refractivity (Wildman–Crippen MR) is 75.3 cm³/mol. The van der Waals surface area contributed by atoms with Crippen LogP contribution in [0.15, 0.2) is 18.5 Å². The van der Waals surface area contributed by atoms with Crippen molar-refractivity contribution >= 4 is 23.7 Å². The molecule has 0 spiro atoms. The van der Waals surface area contributed by atoms with Crippen molar-refractivity contribution < 1.29 is 0 Å². The monoisotopic (exact) mass is 277 g/mol. The Bertz CT molecular complexity index is 536. The molecule has 3 rings (SSSR count). The fourth-order valence-electron chi connectivity index (χ4n) is 1.96. The Labute approximate surface area is 115 Å². The smallest absolute Gasteiger partial charge is 0.257 e. The molecule has 0 aromatic carbocycles. The van der Waals surface area contributed by atoms with Crippen molar-refractivity contribution in [3.8, 4) is 5.95 Å². The van der Waals surface area contributed by atoms with E-state index < -0.39 is 0 Å². The zero-order valence-corrected chi connectivity index (χ0v) is 11.2. The van der Waals surface area contributed by atoms with Crippen molar-refractivity contribution in [3.63, 3.8) is 0 Å². The number of nitrogens with zero attached hydrogens (tertiary/aromatic N) is 5. The average Bonchev–Trinajstić information content (AvgIpc) is 2.93. The number of hydrogen-bond acceptors (Lipinski definition) is 7. The Morgan fingerprint density at radius 3 is 2.84 bits per heavy atom. The molecule has 1 aliphatic rings. The highest BCUT2D eigenvalue weighted by atomic mass is 32.2. The van der Waals surface area contributed by atoms with Gasteiger partial charge in [-0.05, 0) is 30.4 Å². The summed E-state index contributed by atoms with van der Waals surface area (Å²) < 4.78 is 1.57. The lowest BCUT2D eigenvalue weighted by Gasteiger charge is -2.22. The fraction of sp³-hybridized carbons (Fsp3) is 0.455. The summed E-state index contributed by atoms with van der Waals surface area (Å²) in [6.45, 7) is 0. The normalized spacial score (nSPS) is 16.4. The Morgan fingerprint density at radius 1 is 1.26 bits per heavy atom. The third-order valence-electron chi connectivity index (χ3n) is 2.90. The van der Waals surface area contributed by atoms with Gasteiger partial charge in [-0.1, -0.05) is 0 Å². The minimum absolute atomic E-state index is 0.202. The third-order valence-corrected chi connectivity index (χ3v) is 3.95. The van der Waals surface area contributed by atoms with E-state index in [9.17, 15) is 0 Å². The van der Waals surface area contributed by atoms with Crippen molar-refractivity contribution in [2.75, 3.05) is 22.6 Å². The first kappa shape index (κ1) is 12.2. The number of rotatable bonds is 3. The van der Waals surface area contributed by atoms with Gasteiger partial charge < -0.3 is 11.1 Å². The SMILES string of the molecule is Nc1nc(NC2CCSCC2)nc(-n2cccn2)n1. The average molecular weight is 277 g/mol. The molecule has 0 atom stereocenters. The van der Waals surface area contributed by atoms with Crippen LogP contribution >= 0.6 is 11.8 Å². The molecule has 3 N–H and O–H groups in total. The van der Waals surface area contributed by atoms with E-state index in [-0.39, 0.29) is 5.95 Å². The maximum absolute atomic E-state index is 5.72. The number of anilines is 2. The van der Waals surface area contributed by atoms with Crippen LogP contribution in [0, 0.1) is 0 Å². The van der Waals surface area contributed by atoms with Crippen molar-refractivity contribution in [1.82, 2.24) is 24.7 Å². The van der Waals surface area contributed by atoms with Crippen LogP contribution in [0.4, 0.5) is 11.9 Å². The molecule has 1 fully saturated rings. The zero-order valence-electron chi connectivity index (χ0n) is 10.4. The van der Waals surface area contributed by atoms with Crippen LogP contribution in [0.25, 0.3) is 5.95 Å². The molecule has 0 saturated carbocycles. The van der Waals surface area contributed by atoms with Crippen molar-refractivity contribution in [1.29, 1.82) is 0 Å². The van der Waals surface area contributed by atoms with Gasteiger partial charge in [-0.2, -0.15) is 31.8 Å². The summed E-state index contributed by atoms with van der Waals surface area (Å²) in [6.07, 6.45) is 5.68. The van der Waals surface area contributed by atoms with E-state index in [1.54, 1.807) is 17.1 Å². The van der Waals surface area contributed by atoms with Gasteiger partial charge in [0.25, 0.3) is 5.95 Å². The number of aromatic nitrogens is 5. The number of thioether (sulfide) groups is 1. The molecule has 0 amide bonds. The first-order chi connectivity index (χ1) is 9.31. The summed E-state index contributed by atoms with van der Waals surface area (Å²) in [6, 6.07) is 2.22. The number of nitrogen functional groups attached to an aromatic ring is 1. The molecule has 2 aromatic heterocycles. The maximum atomic E-state index is 5.72. The fourth-order valence-corrected chi connectivity index (χ4v) is 3.07. The molecular formula is C11H15N7S. The molecule has 0 radical (unpaired) electrons. The van der Waals surface area contributed by atoms with Crippen molar-refractivity contribution in [2.24, 2.45) is 0 Å². The van der Waals surface area contributed by atoms with E-state index in [1.807, 2.05) is 17.8 Å². The second-order valence-electron chi connectivity index (χ2n) is 4.30. The van der Waals surface area contributed by atoms with Gasteiger partial charge in [-0.15, -0.1) is 0 Å². The minimum atomic E-state index is 0.202. The van der Waals surface area contributed by atoms with Crippen molar-refractivity contribution in [3.05, 3.63) is 18.5 Å². The summed E-state index contributed by atoms with van der Waals surface area (Å²) in [5.74, 6) is 3.50. The number of nitrogens with one attached hydrogen (secondary N) is 1. The van der Waals surface area contributed by atoms with Crippen LogP contribution in [0.2, 0.25) is 0 Å². The highest BCUT2D eigenvalue weighted by Crippen LogP contribution is 2.19. The second kappa shape index (κ2) is 5.43. The highest BCUT2D eigenvalue weighted by molar-refractivity contribution is 7.99. The summed E-state index contributed by atoms with van der Waals surface area (Å²) in [4.78, 5) is 12.6. The summed E-state index contributed by atoms with van der Waals surface area (Å²) in [7, 11) is 0. The molecule has 1 saturated heterocycles. The first-order valence-electron chi connectivity index (χ1n) is 6.17. The molecule has 19 heavy (non-hydrogen) atoms. The minimum Gasteiger partial charge on any atom is -0.368 e. The maximum Gasteiger partial charge on any atom is 0.257 e. The molecule has 2 aromatic rings. The van der Waals surface area contributed by atoms with Crippen LogP contribution < -0.4 is 11.1 Å². The van der Waals surface area contributed by atoms with Crippen LogP contribution in [-0.4, -0.2) is 42.3 Å². The zero-order chi connectivity index (χ0) is 13.1. The van der Waals surface area contributed by atoms with E-state index >= 15 is 0 Å². The number of nitrogens with two attached hydrogens (primary N) is 1. The van der Waals surface area contributed by atoms with Gasteiger partial charge in [0, 0.05) is 18.4 Å². The van der Waals surface area contributed by atoms with Gasteiger partial charge in [0.05, 0.1) is 0 Å². The quantitative estimate of drug-likeness (QED) is 0.862. The lowest BCUT2D eigenvalue weighted by molar-refractivity contribution is 0.657. The summed E-state index contributed by atoms with van der Waals surface area (Å²) >= 11 is 1.98. The Balaban J connectivity index is 1.81. The molecule has 0 aliphatic carbocycles. The predicted octanol–water partition coefficient (Wildman–Crippen LogP) is 0.947. The summed E-state index contributed by atoms with van der Waals surface area (Å²) in [5, 5.41) is 7.42. The van der Waals surface area contributed by atoms with Gasteiger partial charge in [-0.3, -0.25) is 0 Å². The van der Waals surface area contributed by atoms with E-state index in [1.165, 1.54) is 11.5 Å². The van der Waals surface area contributed by atoms with Crippen LogP contribution in [0.3, 0.4) is 0 Å². The van der Waals surface area contributed by atoms with Crippen LogP contribution in [-0.2, 0) is 0 Å². The van der Waals surface area contributed by atoms with Gasteiger partial charge in [0.15, 0.2) is 0 Å². The Kier molecular flexibility index (Phi) is 3.49. The molecule has 1 aliphatic heterocycles. The third kappa shape index (κ3) is 2.95. The topological polar surface area (TPSA) is 94.5 Å². The largest absolute Gasteiger partial charge is 0.368 e. The van der Waals surface area contributed by atoms with Gasteiger partial charge >= 0.3 is 0 Å². The van der Waals surface area contributed by atoms with E-state index in [4.69, 9.17) is 5.73 Å². The highest BCUT2D eigenvalue weighted by Gasteiger charge is 2.15. The Hall–Kier alpha value is -1.83. The van der Waals surface area contributed by atoms with Gasteiger partial charge in [-0.25, -0.2) is 4.68 Å². The molecular weight excluding hydrogens is 262 g/mol. The Morgan fingerprint density at radius 2 is 2.11 bits per heavy atom. The molecule has 8 heteroatoms. The lowest BCUT2D eigenvalue weighted by atomic mass is 10.2. The molecule has 0 bridgehead atoms. The van der Waals surface area contributed by atoms with E-state index in [0.29, 0.717) is 17.9 Å². The van der Waals surface area contributed by atoms with Crippen molar-refractivity contribution in [2.45, 2.75) is 18.9 Å². The molecule has 3 heterocycles. The van der Waals surface area contributed by atoms with Crippen LogP contribution in [0.1, 0.15) is 12.8 Å². The molecule has 0 unspecified atom stereocenters. The first-order valence-corrected chi connectivity index (χ1v) is 7.32. The standard InChI is InChI=1S/C11H15N7S/c12-9-15-10(14-8-2-6-19-7-3-8)17-11(16-9)18-5-1-4-13-18/h1,4-5,8H,2-3,6-7H2,(H3,12,14,15,16,17). The van der Waals surface area contributed by atoms with E-state index in [2.05, 4.69) is 25.4 Å². The van der Waals surface area contributed by atoms with Crippen LogP contribution in [0.5, 0.6) is 0 Å². The number of hydrogen-bond donors (Lipinski definition) is 2. The lowest BCUT2D eigenvalue weighted by Crippen LogP contribution is -2.26.